The predicted octanol–water partition coefficient (Wildman–Crippen LogP) is 3.49. The molecule has 0 spiro atoms. The van der Waals surface area contributed by atoms with Crippen molar-refractivity contribution in [1.29, 1.82) is 0 Å². The number of esters is 1. The van der Waals surface area contributed by atoms with Crippen LogP contribution in [0.25, 0.3) is 10.9 Å². The number of benzene rings is 2. The highest BCUT2D eigenvalue weighted by atomic mass is 16.5. The summed E-state index contributed by atoms with van der Waals surface area (Å²) in [6.07, 6.45) is -0.240. The molecule has 0 saturated heterocycles. The number of carbonyl (C=O) groups excluding carboxylic acids is 1. The number of hydrogen-bond acceptors (Lipinski definition) is 3. The molecule has 1 N–H and O–H groups in total. The molecule has 0 aliphatic heterocycles. The van der Waals surface area contributed by atoms with Gasteiger partial charge in [-0.2, -0.15) is 0 Å². The van der Waals surface area contributed by atoms with Crippen molar-refractivity contribution in [2.24, 2.45) is 0 Å². The molecule has 3 rings (SSSR count). The lowest BCUT2D eigenvalue weighted by Crippen LogP contribution is -2.14. The van der Waals surface area contributed by atoms with Gasteiger partial charge in [0.15, 0.2) is 0 Å². The van der Waals surface area contributed by atoms with E-state index in [-0.39, 0.29) is 13.0 Å². The zero-order valence-electron chi connectivity index (χ0n) is 13.9. The molecule has 0 saturated carbocycles. The third kappa shape index (κ3) is 3.40. The number of ether oxygens (including phenoxy) is 1. The molecule has 3 aromatic rings. The lowest BCUT2D eigenvalue weighted by atomic mass is 10.1. The monoisotopic (exact) mass is 337 g/mol. The minimum Gasteiger partial charge on any atom is -0.481 e. The molecule has 0 atom stereocenters. The summed E-state index contributed by atoms with van der Waals surface area (Å²) in [5.74, 6) is -1.47. The highest BCUT2D eigenvalue weighted by molar-refractivity contribution is 6.06. The standard InChI is InChI=1S/C20H19NO4/c1-2-25-20(24)19-15-10-6-7-11-16(15)21(17(19)12-18(22)23)13-14-8-4-3-5-9-14/h3-11H,2,12-13H2,1H3,(H,22,23). The van der Waals surface area contributed by atoms with Crippen LogP contribution in [0, 0.1) is 0 Å². The summed E-state index contributed by atoms with van der Waals surface area (Å²) in [6.45, 7) is 2.46. The minimum atomic E-state index is -0.984. The van der Waals surface area contributed by atoms with Gasteiger partial charge >= 0.3 is 11.9 Å². The molecular formula is C20H19NO4. The number of fused-ring (bicyclic) bond motifs is 1. The second-order valence-corrected chi connectivity index (χ2v) is 5.70. The van der Waals surface area contributed by atoms with E-state index in [1.54, 1.807) is 6.92 Å². The topological polar surface area (TPSA) is 68.5 Å². The fourth-order valence-electron chi connectivity index (χ4n) is 3.06. The van der Waals surface area contributed by atoms with Crippen molar-refractivity contribution in [3.8, 4) is 0 Å². The lowest BCUT2D eigenvalue weighted by molar-refractivity contribution is -0.136. The van der Waals surface area contributed by atoms with E-state index in [0.717, 1.165) is 11.1 Å². The fourth-order valence-corrected chi connectivity index (χ4v) is 3.06. The van der Waals surface area contributed by atoms with Crippen molar-refractivity contribution in [2.75, 3.05) is 6.61 Å². The van der Waals surface area contributed by atoms with Crippen LogP contribution in [-0.2, 0) is 22.5 Å². The SMILES string of the molecule is CCOC(=O)c1c(CC(=O)O)n(Cc2ccccc2)c2ccccc12. The summed E-state index contributed by atoms with van der Waals surface area (Å²) in [7, 11) is 0. The summed E-state index contributed by atoms with van der Waals surface area (Å²) in [4.78, 5) is 23.9. The van der Waals surface area contributed by atoms with Gasteiger partial charge in [0, 0.05) is 23.1 Å². The predicted molar refractivity (Wildman–Crippen MR) is 94.8 cm³/mol. The second-order valence-electron chi connectivity index (χ2n) is 5.70. The molecule has 1 aromatic heterocycles. The number of para-hydroxylation sites is 1. The Bertz CT molecular complexity index is 912. The molecule has 25 heavy (non-hydrogen) atoms. The van der Waals surface area contributed by atoms with Gasteiger partial charge in [0.2, 0.25) is 0 Å². The van der Waals surface area contributed by atoms with Crippen molar-refractivity contribution in [3.05, 3.63) is 71.4 Å². The molecule has 128 valence electrons. The van der Waals surface area contributed by atoms with Crippen LogP contribution in [-0.4, -0.2) is 28.2 Å². The van der Waals surface area contributed by atoms with E-state index >= 15 is 0 Å². The van der Waals surface area contributed by atoms with Crippen LogP contribution in [0.3, 0.4) is 0 Å². The second kappa shape index (κ2) is 7.21. The molecule has 0 aliphatic carbocycles. The fraction of sp³-hybridized carbons (Fsp3) is 0.200. The first-order valence-corrected chi connectivity index (χ1v) is 8.14. The van der Waals surface area contributed by atoms with Crippen LogP contribution in [0.15, 0.2) is 54.6 Å². The normalized spacial score (nSPS) is 10.8. The van der Waals surface area contributed by atoms with E-state index < -0.39 is 11.9 Å². The molecule has 0 radical (unpaired) electrons. The zero-order chi connectivity index (χ0) is 17.8. The first-order chi connectivity index (χ1) is 12.1. The molecule has 0 amide bonds. The summed E-state index contributed by atoms with van der Waals surface area (Å²) in [6, 6.07) is 17.2. The molecule has 1 heterocycles. The number of nitrogens with zero attached hydrogens (tertiary/aromatic N) is 1. The van der Waals surface area contributed by atoms with Gasteiger partial charge in [-0.1, -0.05) is 48.5 Å². The maximum Gasteiger partial charge on any atom is 0.340 e. The molecule has 5 nitrogen and oxygen atoms in total. The van der Waals surface area contributed by atoms with E-state index in [0.29, 0.717) is 23.2 Å². The van der Waals surface area contributed by atoms with Gasteiger partial charge in [-0.25, -0.2) is 4.79 Å². The molecule has 0 unspecified atom stereocenters. The molecule has 5 heteroatoms. The van der Waals surface area contributed by atoms with Crippen LogP contribution in [0.4, 0.5) is 0 Å². The van der Waals surface area contributed by atoms with Gasteiger partial charge in [0.25, 0.3) is 0 Å². The molecule has 2 aromatic carbocycles. The highest BCUT2D eigenvalue weighted by Gasteiger charge is 2.24. The molecule has 0 bridgehead atoms. The third-order valence-corrected chi connectivity index (χ3v) is 4.06. The third-order valence-electron chi connectivity index (χ3n) is 4.06. The largest absolute Gasteiger partial charge is 0.481 e. The maximum absolute atomic E-state index is 12.5. The van der Waals surface area contributed by atoms with Crippen molar-refractivity contribution in [3.63, 3.8) is 0 Å². The van der Waals surface area contributed by atoms with Crippen molar-refractivity contribution in [1.82, 2.24) is 4.57 Å². The summed E-state index contributed by atoms with van der Waals surface area (Å²) >= 11 is 0. The minimum absolute atomic E-state index is 0.240. The first kappa shape index (κ1) is 16.8. The highest BCUT2D eigenvalue weighted by Crippen LogP contribution is 2.28. The van der Waals surface area contributed by atoms with Gasteiger partial charge in [0.05, 0.1) is 18.6 Å². The Morgan fingerprint density at radius 2 is 1.72 bits per heavy atom. The van der Waals surface area contributed by atoms with Gasteiger partial charge in [-0.3, -0.25) is 4.79 Å². The number of hydrogen-bond donors (Lipinski definition) is 1. The Morgan fingerprint density at radius 3 is 2.40 bits per heavy atom. The molecule has 0 fully saturated rings. The van der Waals surface area contributed by atoms with Crippen LogP contribution in [0.2, 0.25) is 0 Å². The number of rotatable bonds is 6. The van der Waals surface area contributed by atoms with Crippen LogP contribution >= 0.6 is 0 Å². The molecule has 0 aliphatic rings. The van der Waals surface area contributed by atoms with Gasteiger partial charge < -0.3 is 14.4 Å². The maximum atomic E-state index is 12.5. The Balaban J connectivity index is 2.22. The van der Waals surface area contributed by atoms with Crippen molar-refractivity contribution in [2.45, 2.75) is 19.9 Å². The van der Waals surface area contributed by atoms with E-state index in [4.69, 9.17) is 4.74 Å². The van der Waals surface area contributed by atoms with Gasteiger partial charge in [-0.15, -0.1) is 0 Å². The summed E-state index contributed by atoms with van der Waals surface area (Å²) in [5.41, 5.74) is 2.67. The molecular weight excluding hydrogens is 318 g/mol. The number of aliphatic carboxylic acids is 1. The Labute approximate surface area is 145 Å². The average Bonchev–Trinajstić information content (AvgIpc) is 2.89. The number of carbonyl (C=O) groups is 2. The van der Waals surface area contributed by atoms with Crippen LogP contribution in [0.1, 0.15) is 28.5 Å². The van der Waals surface area contributed by atoms with Crippen molar-refractivity contribution >= 4 is 22.8 Å². The Hall–Kier alpha value is -3.08. The van der Waals surface area contributed by atoms with Crippen molar-refractivity contribution < 1.29 is 19.4 Å². The number of carboxylic acid groups (broad SMARTS) is 1. The van der Waals surface area contributed by atoms with E-state index in [1.807, 2.05) is 59.2 Å². The number of carboxylic acids is 1. The summed E-state index contributed by atoms with van der Waals surface area (Å²) < 4.78 is 7.07. The van der Waals surface area contributed by atoms with Gasteiger partial charge in [-0.05, 0) is 18.6 Å². The van der Waals surface area contributed by atoms with E-state index in [1.165, 1.54) is 0 Å². The summed E-state index contributed by atoms with van der Waals surface area (Å²) in [5, 5.41) is 10.1. The lowest BCUT2D eigenvalue weighted by Gasteiger charge is -2.11. The average molecular weight is 337 g/mol. The number of aromatic nitrogens is 1. The van der Waals surface area contributed by atoms with Crippen LogP contribution in [0.5, 0.6) is 0 Å². The van der Waals surface area contributed by atoms with Gasteiger partial charge in [0.1, 0.15) is 0 Å². The first-order valence-electron chi connectivity index (χ1n) is 8.14. The van der Waals surface area contributed by atoms with E-state index in [9.17, 15) is 14.7 Å². The van der Waals surface area contributed by atoms with Crippen LogP contribution < -0.4 is 0 Å². The smallest absolute Gasteiger partial charge is 0.340 e. The Morgan fingerprint density at radius 1 is 1.04 bits per heavy atom. The Kier molecular flexibility index (Phi) is 4.84. The zero-order valence-corrected chi connectivity index (χ0v) is 13.9. The quantitative estimate of drug-likeness (QED) is 0.699. The van der Waals surface area contributed by atoms with E-state index in [2.05, 4.69) is 0 Å².